The van der Waals surface area contributed by atoms with Gasteiger partial charge in [-0.3, -0.25) is 4.79 Å². The third kappa shape index (κ3) is 8.80. The number of ketones is 1. The van der Waals surface area contributed by atoms with Crippen LogP contribution in [0.3, 0.4) is 0 Å². The summed E-state index contributed by atoms with van der Waals surface area (Å²) >= 11 is 6.01. The van der Waals surface area contributed by atoms with Crippen molar-refractivity contribution in [2.24, 2.45) is 5.92 Å². The number of Topliss-reactive ketones (excluding diaryl/α,β-unsaturated/α-hetero) is 1. The van der Waals surface area contributed by atoms with Crippen LogP contribution >= 0.6 is 24.4 Å². The molecule has 0 aliphatic heterocycles. The van der Waals surface area contributed by atoms with Crippen molar-refractivity contribution in [3.05, 3.63) is 0 Å². The summed E-state index contributed by atoms with van der Waals surface area (Å²) in [6, 6.07) is 0. The standard InChI is InChI=1S/C17H32O3S2/c1-2-3-4-5-6-15-16(18)7-8-17(15)22-14-12-20-10-9-19-11-13-21/h15,17,21H,2-14H2,1H3. The first-order chi connectivity index (χ1) is 10.8. The molecule has 0 spiro atoms. The van der Waals surface area contributed by atoms with Crippen molar-refractivity contribution < 1.29 is 14.3 Å². The minimum absolute atomic E-state index is 0.306. The average molecular weight is 349 g/mol. The highest BCUT2D eigenvalue weighted by Crippen LogP contribution is 2.35. The maximum atomic E-state index is 12.0. The maximum Gasteiger partial charge on any atom is 0.137 e. The second kappa shape index (κ2) is 13.7. The van der Waals surface area contributed by atoms with Crippen LogP contribution in [0.4, 0.5) is 0 Å². The Morgan fingerprint density at radius 1 is 1.14 bits per heavy atom. The van der Waals surface area contributed by atoms with Crippen LogP contribution in [-0.4, -0.2) is 49.0 Å². The van der Waals surface area contributed by atoms with E-state index < -0.39 is 0 Å². The number of rotatable bonds is 14. The summed E-state index contributed by atoms with van der Waals surface area (Å²) in [7, 11) is 0. The van der Waals surface area contributed by atoms with E-state index in [2.05, 4.69) is 19.6 Å². The molecule has 0 aromatic rings. The van der Waals surface area contributed by atoms with Gasteiger partial charge in [0.2, 0.25) is 0 Å². The van der Waals surface area contributed by atoms with E-state index in [1.807, 2.05) is 11.8 Å². The highest BCUT2D eigenvalue weighted by atomic mass is 32.2. The lowest BCUT2D eigenvalue weighted by molar-refractivity contribution is -0.120. The normalized spacial score (nSPS) is 21.6. The largest absolute Gasteiger partial charge is 0.378 e. The van der Waals surface area contributed by atoms with Crippen LogP contribution in [0.2, 0.25) is 0 Å². The minimum Gasteiger partial charge on any atom is -0.378 e. The molecule has 1 fully saturated rings. The number of carbonyl (C=O) groups is 1. The molecule has 2 atom stereocenters. The SMILES string of the molecule is CCCCCCC1C(=O)CCC1SCCOCCOCCS. The first kappa shape index (κ1) is 20.3. The van der Waals surface area contributed by atoms with Crippen LogP contribution < -0.4 is 0 Å². The van der Waals surface area contributed by atoms with E-state index in [1.165, 1.54) is 25.7 Å². The number of carbonyl (C=O) groups excluding carboxylic acids is 1. The van der Waals surface area contributed by atoms with E-state index in [-0.39, 0.29) is 0 Å². The van der Waals surface area contributed by atoms with Gasteiger partial charge in [-0.1, -0.05) is 32.6 Å². The van der Waals surface area contributed by atoms with Crippen LogP contribution in [0.25, 0.3) is 0 Å². The lowest BCUT2D eigenvalue weighted by Crippen LogP contribution is -2.18. The number of ether oxygens (including phenoxy) is 2. The van der Waals surface area contributed by atoms with Crippen molar-refractivity contribution in [3.8, 4) is 0 Å². The summed E-state index contributed by atoms with van der Waals surface area (Å²) in [5.41, 5.74) is 0. The molecule has 0 saturated heterocycles. The smallest absolute Gasteiger partial charge is 0.137 e. The quantitative estimate of drug-likeness (QED) is 0.380. The molecule has 22 heavy (non-hydrogen) atoms. The Kier molecular flexibility index (Phi) is 12.7. The molecule has 5 heteroatoms. The summed E-state index contributed by atoms with van der Waals surface area (Å²) in [5.74, 6) is 2.54. The maximum absolute atomic E-state index is 12.0. The molecular weight excluding hydrogens is 316 g/mol. The molecule has 0 radical (unpaired) electrons. The van der Waals surface area contributed by atoms with Crippen LogP contribution in [0.1, 0.15) is 51.9 Å². The van der Waals surface area contributed by atoms with Gasteiger partial charge in [-0.15, -0.1) is 0 Å². The van der Waals surface area contributed by atoms with E-state index in [0.717, 1.165) is 37.4 Å². The molecule has 0 bridgehead atoms. The molecule has 3 nitrogen and oxygen atoms in total. The van der Waals surface area contributed by atoms with E-state index in [1.54, 1.807) is 0 Å². The number of hydrogen-bond donors (Lipinski definition) is 1. The van der Waals surface area contributed by atoms with Crippen LogP contribution in [0.15, 0.2) is 0 Å². The lowest BCUT2D eigenvalue weighted by atomic mass is 9.98. The molecule has 0 aromatic carbocycles. The Morgan fingerprint density at radius 2 is 1.91 bits per heavy atom. The van der Waals surface area contributed by atoms with Crippen molar-refractivity contribution in [1.29, 1.82) is 0 Å². The summed E-state index contributed by atoms with van der Waals surface area (Å²) in [6.07, 6.45) is 7.97. The Morgan fingerprint density at radius 3 is 2.64 bits per heavy atom. The lowest BCUT2D eigenvalue weighted by Gasteiger charge is -2.18. The van der Waals surface area contributed by atoms with Crippen molar-refractivity contribution in [2.75, 3.05) is 37.9 Å². The van der Waals surface area contributed by atoms with Crippen molar-refractivity contribution in [1.82, 2.24) is 0 Å². The number of unbranched alkanes of at least 4 members (excludes halogenated alkanes) is 3. The third-order valence-electron chi connectivity index (χ3n) is 4.07. The zero-order valence-electron chi connectivity index (χ0n) is 13.9. The van der Waals surface area contributed by atoms with Gasteiger partial charge < -0.3 is 9.47 Å². The Balaban J connectivity index is 2.06. The highest BCUT2D eigenvalue weighted by molar-refractivity contribution is 8.00. The zero-order valence-corrected chi connectivity index (χ0v) is 15.6. The predicted octanol–water partition coefficient (Wildman–Crippen LogP) is 4.00. The van der Waals surface area contributed by atoms with E-state index in [9.17, 15) is 4.79 Å². The van der Waals surface area contributed by atoms with Crippen molar-refractivity contribution >= 4 is 30.2 Å². The molecule has 130 valence electrons. The van der Waals surface area contributed by atoms with Gasteiger partial charge in [-0.25, -0.2) is 0 Å². The molecule has 1 aliphatic carbocycles. The van der Waals surface area contributed by atoms with E-state index in [0.29, 0.717) is 36.8 Å². The second-order valence-electron chi connectivity index (χ2n) is 5.82. The summed E-state index contributed by atoms with van der Waals surface area (Å²) < 4.78 is 10.9. The van der Waals surface area contributed by atoms with Crippen LogP contribution in [0, 0.1) is 5.92 Å². The van der Waals surface area contributed by atoms with Gasteiger partial charge in [0.25, 0.3) is 0 Å². The van der Waals surface area contributed by atoms with Crippen LogP contribution in [0.5, 0.6) is 0 Å². The molecule has 0 amide bonds. The molecular formula is C17H32O3S2. The number of thioether (sulfide) groups is 1. The Bertz CT molecular complexity index is 287. The third-order valence-corrected chi connectivity index (χ3v) is 5.65. The average Bonchev–Trinajstić information content (AvgIpc) is 2.87. The first-order valence-electron chi connectivity index (χ1n) is 8.70. The topological polar surface area (TPSA) is 35.5 Å². The Labute approximate surface area is 145 Å². The van der Waals surface area contributed by atoms with Gasteiger partial charge in [0.05, 0.1) is 26.4 Å². The minimum atomic E-state index is 0.306. The predicted molar refractivity (Wildman–Crippen MR) is 98.2 cm³/mol. The molecule has 2 unspecified atom stereocenters. The molecule has 0 aromatic heterocycles. The van der Waals surface area contributed by atoms with Gasteiger partial charge in [-0.2, -0.15) is 24.4 Å². The summed E-state index contributed by atoms with van der Waals surface area (Å²) in [4.78, 5) is 12.0. The van der Waals surface area contributed by atoms with E-state index >= 15 is 0 Å². The zero-order chi connectivity index (χ0) is 16.0. The highest BCUT2D eigenvalue weighted by Gasteiger charge is 2.33. The summed E-state index contributed by atoms with van der Waals surface area (Å²) in [6.45, 7) is 4.96. The van der Waals surface area contributed by atoms with Gasteiger partial charge in [0.15, 0.2) is 0 Å². The van der Waals surface area contributed by atoms with Gasteiger partial charge in [-0.05, 0) is 12.8 Å². The van der Waals surface area contributed by atoms with E-state index in [4.69, 9.17) is 9.47 Å². The molecule has 1 rings (SSSR count). The van der Waals surface area contributed by atoms with Crippen molar-refractivity contribution in [3.63, 3.8) is 0 Å². The number of hydrogen-bond acceptors (Lipinski definition) is 5. The fraction of sp³-hybridized carbons (Fsp3) is 0.941. The monoisotopic (exact) mass is 348 g/mol. The molecule has 1 saturated carbocycles. The molecule has 1 aliphatic rings. The molecule has 0 N–H and O–H groups in total. The fourth-order valence-electron chi connectivity index (χ4n) is 2.86. The van der Waals surface area contributed by atoms with Gasteiger partial charge >= 0.3 is 0 Å². The Hall–Kier alpha value is 0.290. The summed E-state index contributed by atoms with van der Waals surface area (Å²) in [5, 5.41) is 0.526. The van der Waals surface area contributed by atoms with Gasteiger partial charge in [0, 0.05) is 29.1 Å². The van der Waals surface area contributed by atoms with Crippen LogP contribution in [-0.2, 0) is 14.3 Å². The fourth-order valence-corrected chi connectivity index (χ4v) is 4.31. The number of thiol groups is 1. The van der Waals surface area contributed by atoms with Crippen molar-refractivity contribution in [2.45, 2.75) is 57.1 Å². The van der Waals surface area contributed by atoms with Gasteiger partial charge in [0.1, 0.15) is 5.78 Å². The second-order valence-corrected chi connectivity index (χ2v) is 7.61. The molecule has 0 heterocycles. The first-order valence-corrected chi connectivity index (χ1v) is 10.4.